The first-order valence-electron chi connectivity index (χ1n) is 6.99. The first-order valence-corrected chi connectivity index (χ1v) is 6.99. The molecule has 0 amide bonds. The lowest BCUT2D eigenvalue weighted by atomic mass is 9.95. The van der Waals surface area contributed by atoms with E-state index in [9.17, 15) is 0 Å². The number of nitrogens with one attached hydrogen (secondary N) is 1. The molecule has 3 rings (SSSR count). The Kier molecular flexibility index (Phi) is 2.94. The van der Waals surface area contributed by atoms with Crippen molar-refractivity contribution in [3.63, 3.8) is 0 Å². The molecule has 0 saturated carbocycles. The fraction of sp³-hybridized carbons (Fsp3) is 0.333. The summed E-state index contributed by atoms with van der Waals surface area (Å²) in [6.07, 6.45) is 0. The van der Waals surface area contributed by atoms with Gasteiger partial charge in [-0.25, -0.2) is 0 Å². The maximum atomic E-state index is 3.65. The van der Waals surface area contributed by atoms with E-state index >= 15 is 0 Å². The van der Waals surface area contributed by atoms with Crippen LogP contribution in [-0.2, 0) is 0 Å². The average molecular weight is 251 g/mol. The van der Waals surface area contributed by atoms with Crippen LogP contribution in [0.4, 0.5) is 0 Å². The minimum Gasteiger partial charge on any atom is -0.311 e. The van der Waals surface area contributed by atoms with Crippen molar-refractivity contribution in [3.8, 4) is 11.1 Å². The monoisotopic (exact) mass is 251 g/mol. The van der Waals surface area contributed by atoms with E-state index in [2.05, 4.69) is 74.6 Å². The fourth-order valence-corrected chi connectivity index (χ4v) is 2.89. The standard InChI is InChI=1S/C18H21N/c1-18(2,3)19-12-17-15-10-6-4-8-13(15)14-9-5-7-11-16(14)17/h4-11,17,19H,12H2,1-3H3. The molecule has 0 unspecified atom stereocenters. The van der Waals surface area contributed by atoms with Gasteiger partial charge in [0.25, 0.3) is 0 Å². The second kappa shape index (κ2) is 4.50. The molecule has 0 aromatic heterocycles. The Morgan fingerprint density at radius 3 is 1.79 bits per heavy atom. The van der Waals surface area contributed by atoms with Gasteiger partial charge in [-0.15, -0.1) is 0 Å². The molecule has 0 heterocycles. The van der Waals surface area contributed by atoms with Crippen LogP contribution in [0.25, 0.3) is 11.1 Å². The molecule has 0 spiro atoms. The van der Waals surface area contributed by atoms with Gasteiger partial charge >= 0.3 is 0 Å². The number of fused-ring (bicyclic) bond motifs is 3. The Bertz CT molecular complexity index is 547. The molecule has 2 aromatic rings. The van der Waals surface area contributed by atoms with Crippen molar-refractivity contribution in [3.05, 3.63) is 59.7 Å². The van der Waals surface area contributed by atoms with Gasteiger partial charge in [0.05, 0.1) is 0 Å². The molecule has 0 radical (unpaired) electrons. The van der Waals surface area contributed by atoms with E-state index in [4.69, 9.17) is 0 Å². The summed E-state index contributed by atoms with van der Waals surface area (Å²) in [4.78, 5) is 0. The van der Waals surface area contributed by atoms with Gasteiger partial charge in [0.15, 0.2) is 0 Å². The van der Waals surface area contributed by atoms with Crippen molar-refractivity contribution in [1.29, 1.82) is 0 Å². The number of rotatable bonds is 2. The number of hydrogen-bond donors (Lipinski definition) is 1. The third kappa shape index (κ3) is 2.31. The van der Waals surface area contributed by atoms with Crippen LogP contribution in [0.2, 0.25) is 0 Å². The zero-order chi connectivity index (χ0) is 13.5. The van der Waals surface area contributed by atoms with Gasteiger partial charge in [-0.3, -0.25) is 0 Å². The Balaban J connectivity index is 2.00. The first kappa shape index (κ1) is 12.4. The summed E-state index contributed by atoms with van der Waals surface area (Å²) in [7, 11) is 0. The normalized spacial score (nSPS) is 14.3. The van der Waals surface area contributed by atoms with Crippen LogP contribution in [0.3, 0.4) is 0 Å². The molecule has 1 nitrogen and oxygen atoms in total. The van der Waals surface area contributed by atoms with Crippen molar-refractivity contribution in [1.82, 2.24) is 5.32 Å². The van der Waals surface area contributed by atoms with E-state index in [1.165, 1.54) is 22.3 Å². The van der Waals surface area contributed by atoms with E-state index in [1.54, 1.807) is 0 Å². The van der Waals surface area contributed by atoms with Crippen LogP contribution >= 0.6 is 0 Å². The molecular weight excluding hydrogens is 230 g/mol. The highest BCUT2D eigenvalue weighted by Gasteiger charge is 2.28. The molecule has 19 heavy (non-hydrogen) atoms. The van der Waals surface area contributed by atoms with Crippen molar-refractivity contribution in [2.24, 2.45) is 0 Å². The van der Waals surface area contributed by atoms with Crippen molar-refractivity contribution in [2.75, 3.05) is 6.54 Å². The SMILES string of the molecule is CC(C)(C)NCC1c2ccccc2-c2ccccc21. The highest BCUT2D eigenvalue weighted by atomic mass is 14.9. The highest BCUT2D eigenvalue weighted by molar-refractivity contribution is 5.78. The lowest BCUT2D eigenvalue weighted by Crippen LogP contribution is -2.38. The summed E-state index contributed by atoms with van der Waals surface area (Å²) >= 11 is 0. The Morgan fingerprint density at radius 1 is 0.842 bits per heavy atom. The largest absolute Gasteiger partial charge is 0.311 e. The highest BCUT2D eigenvalue weighted by Crippen LogP contribution is 2.44. The molecule has 0 fully saturated rings. The number of benzene rings is 2. The Labute approximate surface area is 115 Å². The van der Waals surface area contributed by atoms with Gasteiger partial charge in [-0.1, -0.05) is 48.5 Å². The lowest BCUT2D eigenvalue weighted by Gasteiger charge is -2.24. The second-order valence-electron chi connectivity index (χ2n) is 6.36. The van der Waals surface area contributed by atoms with E-state index in [1.807, 2.05) is 0 Å². The molecule has 0 bridgehead atoms. The van der Waals surface area contributed by atoms with Crippen molar-refractivity contribution in [2.45, 2.75) is 32.2 Å². The smallest absolute Gasteiger partial charge is 0.0227 e. The minimum atomic E-state index is 0.159. The quantitative estimate of drug-likeness (QED) is 0.844. The van der Waals surface area contributed by atoms with Crippen molar-refractivity contribution < 1.29 is 0 Å². The minimum absolute atomic E-state index is 0.159. The summed E-state index contributed by atoms with van der Waals surface area (Å²) in [6.45, 7) is 7.66. The predicted molar refractivity (Wildman–Crippen MR) is 81.5 cm³/mol. The molecule has 1 aliphatic rings. The maximum Gasteiger partial charge on any atom is 0.0227 e. The summed E-state index contributed by atoms with van der Waals surface area (Å²) in [5, 5.41) is 3.65. The predicted octanol–water partition coefficient (Wildman–Crippen LogP) is 4.19. The van der Waals surface area contributed by atoms with Gasteiger partial charge in [0.1, 0.15) is 0 Å². The topological polar surface area (TPSA) is 12.0 Å². The van der Waals surface area contributed by atoms with Gasteiger partial charge in [0.2, 0.25) is 0 Å². The molecule has 0 aliphatic heterocycles. The maximum absolute atomic E-state index is 3.65. The third-order valence-corrected chi connectivity index (χ3v) is 3.80. The number of hydrogen-bond acceptors (Lipinski definition) is 1. The fourth-order valence-electron chi connectivity index (χ4n) is 2.89. The second-order valence-corrected chi connectivity index (χ2v) is 6.36. The molecule has 1 N–H and O–H groups in total. The molecular formula is C18H21N. The van der Waals surface area contributed by atoms with E-state index < -0.39 is 0 Å². The molecule has 98 valence electrons. The van der Waals surface area contributed by atoms with Crippen LogP contribution in [0.5, 0.6) is 0 Å². The van der Waals surface area contributed by atoms with Crippen LogP contribution < -0.4 is 5.32 Å². The van der Waals surface area contributed by atoms with Gasteiger partial charge in [0, 0.05) is 18.0 Å². The van der Waals surface area contributed by atoms with Crippen LogP contribution in [0, 0.1) is 0 Å². The summed E-state index contributed by atoms with van der Waals surface area (Å²) in [5.74, 6) is 0.478. The van der Waals surface area contributed by atoms with Gasteiger partial charge < -0.3 is 5.32 Å². The summed E-state index contributed by atoms with van der Waals surface area (Å²) in [5.41, 5.74) is 5.88. The van der Waals surface area contributed by atoms with Crippen LogP contribution in [0.15, 0.2) is 48.5 Å². The molecule has 1 aliphatic carbocycles. The summed E-state index contributed by atoms with van der Waals surface area (Å²) in [6, 6.07) is 17.6. The summed E-state index contributed by atoms with van der Waals surface area (Å²) < 4.78 is 0. The van der Waals surface area contributed by atoms with Crippen LogP contribution in [-0.4, -0.2) is 12.1 Å². The van der Waals surface area contributed by atoms with E-state index in [0.717, 1.165) is 6.54 Å². The molecule has 0 atom stereocenters. The zero-order valence-electron chi connectivity index (χ0n) is 11.9. The third-order valence-electron chi connectivity index (χ3n) is 3.80. The average Bonchev–Trinajstić information content (AvgIpc) is 2.70. The van der Waals surface area contributed by atoms with Crippen LogP contribution in [0.1, 0.15) is 37.8 Å². The molecule has 0 saturated heterocycles. The lowest BCUT2D eigenvalue weighted by molar-refractivity contribution is 0.419. The first-order chi connectivity index (χ1) is 9.06. The van der Waals surface area contributed by atoms with Gasteiger partial charge in [-0.2, -0.15) is 0 Å². The van der Waals surface area contributed by atoms with Gasteiger partial charge in [-0.05, 0) is 43.0 Å². The van der Waals surface area contributed by atoms with E-state index in [0.29, 0.717) is 5.92 Å². The Morgan fingerprint density at radius 2 is 1.32 bits per heavy atom. The van der Waals surface area contributed by atoms with E-state index in [-0.39, 0.29) is 5.54 Å². The zero-order valence-corrected chi connectivity index (χ0v) is 11.9. The molecule has 1 heteroatoms. The molecule has 2 aromatic carbocycles. The Hall–Kier alpha value is -1.60. The van der Waals surface area contributed by atoms with Crippen molar-refractivity contribution >= 4 is 0 Å².